The molecule has 0 aliphatic carbocycles. The first-order valence-corrected chi connectivity index (χ1v) is 7.63. The summed E-state index contributed by atoms with van der Waals surface area (Å²) in [5.74, 6) is -0.199. The van der Waals surface area contributed by atoms with Gasteiger partial charge in [0, 0.05) is 18.3 Å². The Balaban J connectivity index is 0.00000242. The van der Waals surface area contributed by atoms with Gasteiger partial charge < -0.3 is 11.1 Å². The molecule has 8 heteroatoms. The molecule has 0 bridgehead atoms. The monoisotopic (exact) mass is 379 g/mol. The van der Waals surface area contributed by atoms with Crippen molar-refractivity contribution in [2.75, 3.05) is 13.1 Å². The number of nitrogens with two attached hydrogens (primary N) is 1. The van der Waals surface area contributed by atoms with Gasteiger partial charge >= 0.3 is 0 Å². The molecular formula is C15H20Cl2FN3OS. The van der Waals surface area contributed by atoms with Crippen LogP contribution >= 0.6 is 36.2 Å². The molecule has 1 amide bonds. The van der Waals surface area contributed by atoms with E-state index in [0.717, 1.165) is 10.6 Å². The lowest BCUT2D eigenvalue weighted by molar-refractivity contribution is 0.0944. The molecule has 0 fully saturated rings. The van der Waals surface area contributed by atoms with E-state index in [-0.39, 0.29) is 42.5 Å². The largest absolute Gasteiger partial charge is 0.350 e. The molecule has 2 aromatic rings. The number of benzene rings is 1. The maximum absolute atomic E-state index is 12.8. The van der Waals surface area contributed by atoms with E-state index in [0.29, 0.717) is 25.2 Å². The molecule has 0 spiro atoms. The lowest BCUT2D eigenvalue weighted by Gasteiger charge is -2.08. The van der Waals surface area contributed by atoms with E-state index in [2.05, 4.69) is 10.3 Å². The summed E-state index contributed by atoms with van der Waals surface area (Å²) in [6, 6.07) is 6.29. The van der Waals surface area contributed by atoms with Crippen LogP contribution in [0.4, 0.5) is 4.39 Å². The fourth-order valence-corrected chi connectivity index (χ4v) is 2.52. The summed E-state index contributed by atoms with van der Waals surface area (Å²) in [5, 5.41) is 5.38. The maximum atomic E-state index is 12.8. The molecule has 1 atom stereocenters. The average molecular weight is 380 g/mol. The van der Waals surface area contributed by atoms with Crippen LogP contribution in [0, 0.1) is 11.7 Å². The summed E-state index contributed by atoms with van der Waals surface area (Å²) >= 11 is 1.43. The quantitative estimate of drug-likeness (QED) is 0.810. The number of rotatable bonds is 6. The van der Waals surface area contributed by atoms with E-state index < -0.39 is 0 Å². The second-order valence-corrected chi connectivity index (χ2v) is 5.92. The van der Waals surface area contributed by atoms with Crippen molar-refractivity contribution in [3.8, 4) is 0 Å². The van der Waals surface area contributed by atoms with Gasteiger partial charge in [0.1, 0.15) is 11.5 Å². The van der Waals surface area contributed by atoms with Crippen molar-refractivity contribution in [3.05, 3.63) is 51.7 Å². The molecule has 4 nitrogen and oxygen atoms in total. The predicted molar refractivity (Wildman–Crippen MR) is 96.4 cm³/mol. The summed E-state index contributed by atoms with van der Waals surface area (Å²) in [6.45, 7) is 3.05. The summed E-state index contributed by atoms with van der Waals surface area (Å²) < 4.78 is 12.8. The van der Waals surface area contributed by atoms with Crippen LogP contribution in [0.1, 0.15) is 28.0 Å². The Labute approximate surface area is 151 Å². The van der Waals surface area contributed by atoms with Crippen LogP contribution in [0.3, 0.4) is 0 Å². The van der Waals surface area contributed by atoms with Gasteiger partial charge in [0.05, 0.1) is 5.01 Å². The number of hydrogen-bond donors (Lipinski definition) is 2. The van der Waals surface area contributed by atoms with Gasteiger partial charge in [-0.1, -0.05) is 19.1 Å². The Kier molecular flexibility index (Phi) is 9.99. The van der Waals surface area contributed by atoms with Gasteiger partial charge in [-0.25, -0.2) is 9.37 Å². The fourth-order valence-electron chi connectivity index (χ4n) is 1.71. The van der Waals surface area contributed by atoms with Gasteiger partial charge in [-0.15, -0.1) is 36.2 Å². The molecule has 1 aromatic heterocycles. The van der Waals surface area contributed by atoms with Crippen LogP contribution in [0.25, 0.3) is 0 Å². The summed E-state index contributed by atoms with van der Waals surface area (Å²) in [6.07, 6.45) is 0.595. The molecule has 1 unspecified atom stereocenters. The van der Waals surface area contributed by atoms with Gasteiger partial charge in [0.15, 0.2) is 0 Å². The first-order chi connectivity index (χ1) is 10.1. The second-order valence-electron chi connectivity index (χ2n) is 4.98. The van der Waals surface area contributed by atoms with Crippen molar-refractivity contribution >= 4 is 42.1 Å². The Morgan fingerprint density at radius 3 is 2.61 bits per heavy atom. The standard InChI is InChI=1S/C15H18FN3OS.2ClH/c1-10(7-17)8-18-15(20)13-9-21-14(19-13)6-11-2-4-12(16)5-3-11;;/h2-5,9-10H,6-8,17H2,1H3,(H,18,20);2*1H. The highest BCUT2D eigenvalue weighted by atomic mass is 35.5. The molecule has 0 aliphatic heterocycles. The molecule has 128 valence electrons. The number of aromatic nitrogens is 1. The number of carbonyl (C=O) groups excluding carboxylic acids is 1. The topological polar surface area (TPSA) is 68.0 Å². The summed E-state index contributed by atoms with van der Waals surface area (Å²) in [4.78, 5) is 16.2. The van der Waals surface area contributed by atoms with Crippen molar-refractivity contribution in [2.45, 2.75) is 13.3 Å². The molecule has 1 heterocycles. The normalized spacial score (nSPS) is 11.1. The van der Waals surface area contributed by atoms with Crippen molar-refractivity contribution in [1.29, 1.82) is 0 Å². The Morgan fingerprint density at radius 2 is 2.00 bits per heavy atom. The molecule has 0 radical (unpaired) electrons. The van der Waals surface area contributed by atoms with Crippen LogP contribution in [0.5, 0.6) is 0 Å². The molecule has 1 aromatic carbocycles. The van der Waals surface area contributed by atoms with E-state index in [1.54, 1.807) is 17.5 Å². The van der Waals surface area contributed by atoms with Crippen molar-refractivity contribution in [2.24, 2.45) is 11.7 Å². The Morgan fingerprint density at radius 1 is 1.35 bits per heavy atom. The number of hydrogen-bond acceptors (Lipinski definition) is 4. The number of thiazole rings is 1. The Hall–Kier alpha value is -1.21. The third-order valence-electron chi connectivity index (χ3n) is 3.07. The summed E-state index contributed by atoms with van der Waals surface area (Å²) in [7, 11) is 0. The van der Waals surface area contributed by atoms with Crippen LogP contribution in [-0.4, -0.2) is 24.0 Å². The van der Waals surface area contributed by atoms with Crippen LogP contribution in [0.15, 0.2) is 29.6 Å². The molecule has 0 saturated heterocycles. The highest BCUT2D eigenvalue weighted by Crippen LogP contribution is 2.15. The highest BCUT2D eigenvalue weighted by molar-refractivity contribution is 7.09. The van der Waals surface area contributed by atoms with Crippen LogP contribution < -0.4 is 11.1 Å². The van der Waals surface area contributed by atoms with E-state index >= 15 is 0 Å². The van der Waals surface area contributed by atoms with Crippen LogP contribution in [0.2, 0.25) is 0 Å². The molecule has 3 N–H and O–H groups in total. The van der Waals surface area contributed by atoms with Crippen molar-refractivity contribution in [3.63, 3.8) is 0 Å². The molecule has 0 aliphatic rings. The summed E-state index contributed by atoms with van der Waals surface area (Å²) in [5.41, 5.74) is 6.89. The number of halogens is 3. The molecule has 23 heavy (non-hydrogen) atoms. The van der Waals surface area contributed by atoms with Crippen LogP contribution in [-0.2, 0) is 6.42 Å². The minimum Gasteiger partial charge on any atom is -0.350 e. The molecular weight excluding hydrogens is 360 g/mol. The lowest BCUT2D eigenvalue weighted by atomic mass is 10.1. The third kappa shape index (κ3) is 6.83. The zero-order chi connectivity index (χ0) is 15.2. The van der Waals surface area contributed by atoms with Gasteiger partial charge in [0.25, 0.3) is 5.91 Å². The second kappa shape index (κ2) is 10.5. The van der Waals surface area contributed by atoms with Crippen molar-refractivity contribution < 1.29 is 9.18 Å². The van der Waals surface area contributed by atoms with Gasteiger partial charge in [-0.05, 0) is 30.2 Å². The van der Waals surface area contributed by atoms with E-state index in [9.17, 15) is 9.18 Å². The molecule has 0 saturated carbocycles. The van der Waals surface area contributed by atoms with Crippen molar-refractivity contribution in [1.82, 2.24) is 10.3 Å². The minimum absolute atomic E-state index is 0. The smallest absolute Gasteiger partial charge is 0.270 e. The first kappa shape index (κ1) is 21.8. The maximum Gasteiger partial charge on any atom is 0.270 e. The lowest BCUT2D eigenvalue weighted by Crippen LogP contribution is -2.31. The van der Waals surface area contributed by atoms with E-state index in [4.69, 9.17) is 5.73 Å². The zero-order valence-electron chi connectivity index (χ0n) is 12.6. The zero-order valence-corrected chi connectivity index (χ0v) is 15.1. The number of nitrogens with zero attached hydrogens (tertiary/aromatic N) is 1. The predicted octanol–water partition coefficient (Wildman–Crippen LogP) is 3.04. The van der Waals surface area contributed by atoms with E-state index in [1.165, 1.54) is 23.5 Å². The fraction of sp³-hybridized carbons (Fsp3) is 0.333. The number of amides is 1. The number of nitrogens with one attached hydrogen (secondary N) is 1. The average Bonchev–Trinajstić information content (AvgIpc) is 2.95. The van der Waals surface area contributed by atoms with Gasteiger partial charge in [-0.3, -0.25) is 4.79 Å². The number of carbonyl (C=O) groups is 1. The molecule has 2 rings (SSSR count). The third-order valence-corrected chi connectivity index (χ3v) is 3.92. The van der Waals surface area contributed by atoms with Gasteiger partial charge in [0.2, 0.25) is 0 Å². The minimum atomic E-state index is -0.257. The Bertz CT molecular complexity index is 607. The van der Waals surface area contributed by atoms with Gasteiger partial charge in [-0.2, -0.15) is 0 Å². The first-order valence-electron chi connectivity index (χ1n) is 6.75. The SMILES string of the molecule is CC(CN)CNC(=O)c1csc(Cc2ccc(F)cc2)n1.Cl.Cl. The van der Waals surface area contributed by atoms with E-state index in [1.807, 2.05) is 6.92 Å². The highest BCUT2D eigenvalue weighted by Gasteiger charge is 2.11.